The molecule has 3 nitrogen and oxygen atoms in total. The number of halogens is 7. The summed E-state index contributed by atoms with van der Waals surface area (Å²) in [7, 11) is -6.62. The van der Waals surface area contributed by atoms with Crippen LogP contribution in [0.2, 0.25) is 0 Å². The minimum Gasteiger partial charge on any atom is -1.00 e. The molecular formula is C26H25F6IN3OsP+2. The molecule has 0 fully saturated rings. The van der Waals surface area contributed by atoms with Crippen LogP contribution in [0.1, 0.15) is 5.69 Å². The van der Waals surface area contributed by atoms with E-state index < -0.39 is 7.81 Å². The van der Waals surface area contributed by atoms with Crippen LogP contribution in [-0.2, 0) is 19.8 Å². The molecule has 0 saturated carbocycles. The Balaban J connectivity index is 0.000000574. The molecule has 3 aromatic carbocycles. The topological polar surface area (TPSA) is 28.5 Å². The van der Waals surface area contributed by atoms with Gasteiger partial charge in [-0.2, -0.15) is 0 Å². The predicted molar refractivity (Wildman–Crippen MR) is 138 cm³/mol. The van der Waals surface area contributed by atoms with E-state index in [-0.39, 0.29) is 43.8 Å². The number of aliphatic imine (C=N–C) groups is 1. The molecule has 1 aromatic heterocycles. The second kappa shape index (κ2) is 14.7. The SMILES string of the molecule is CN(C)c1ccc(N=Cc2ccccn2)cc1.F[P-](F)(F)(F)(F)F.[I-].[Os+4].c1ccc(-c2ccccc2)cc1. The van der Waals surface area contributed by atoms with Gasteiger partial charge in [-0.05, 0) is 47.5 Å². The second-order valence-electron chi connectivity index (χ2n) is 7.61. The van der Waals surface area contributed by atoms with Crippen LogP contribution in [0.4, 0.5) is 36.6 Å². The second-order valence-corrected chi connectivity index (χ2v) is 9.53. The van der Waals surface area contributed by atoms with Crippen LogP contribution < -0.4 is 28.9 Å². The zero-order valence-corrected chi connectivity index (χ0v) is 25.9. The Labute approximate surface area is 248 Å². The van der Waals surface area contributed by atoms with Crippen molar-refractivity contribution in [2.75, 3.05) is 19.0 Å². The summed E-state index contributed by atoms with van der Waals surface area (Å²) in [6.07, 6.45) is 3.53. The zero-order valence-electron chi connectivity index (χ0n) is 20.3. The van der Waals surface area contributed by atoms with E-state index in [1.807, 2.05) is 68.7 Å². The molecule has 0 aliphatic carbocycles. The first-order chi connectivity index (χ1) is 16.7. The van der Waals surface area contributed by atoms with Crippen LogP contribution in [0.25, 0.3) is 11.1 Å². The molecule has 0 unspecified atom stereocenters. The Kier molecular flexibility index (Phi) is 13.8. The summed E-state index contributed by atoms with van der Waals surface area (Å²) in [5, 5.41) is 0. The van der Waals surface area contributed by atoms with E-state index in [0.29, 0.717) is 0 Å². The molecule has 0 N–H and O–H groups in total. The molecule has 1 heterocycles. The number of pyridine rings is 1. The summed E-state index contributed by atoms with van der Waals surface area (Å²) in [6, 6.07) is 34.6. The fourth-order valence-electron chi connectivity index (χ4n) is 2.69. The molecule has 0 aliphatic rings. The van der Waals surface area contributed by atoms with Crippen LogP contribution in [0.5, 0.6) is 0 Å². The van der Waals surface area contributed by atoms with Crippen molar-refractivity contribution < 1.29 is 68.9 Å². The third-order valence-corrected chi connectivity index (χ3v) is 4.28. The van der Waals surface area contributed by atoms with Gasteiger partial charge in [0.05, 0.1) is 17.6 Å². The van der Waals surface area contributed by atoms with Crippen molar-refractivity contribution in [3.63, 3.8) is 0 Å². The van der Waals surface area contributed by atoms with E-state index in [4.69, 9.17) is 0 Å². The van der Waals surface area contributed by atoms with E-state index >= 15 is 0 Å². The van der Waals surface area contributed by atoms with Crippen LogP contribution >= 0.6 is 7.81 Å². The van der Waals surface area contributed by atoms with Gasteiger partial charge in [0.1, 0.15) is 0 Å². The molecule has 204 valence electrons. The smallest absolute Gasteiger partial charge is 1.00 e. The van der Waals surface area contributed by atoms with Crippen molar-refractivity contribution >= 4 is 25.4 Å². The molecule has 4 aromatic rings. The van der Waals surface area contributed by atoms with Crippen molar-refractivity contribution in [1.29, 1.82) is 0 Å². The van der Waals surface area contributed by atoms with E-state index in [0.717, 1.165) is 11.4 Å². The molecule has 0 bridgehead atoms. The molecule has 0 radical (unpaired) electrons. The largest absolute Gasteiger partial charge is 4.00 e. The minimum atomic E-state index is -10.7. The van der Waals surface area contributed by atoms with Gasteiger partial charge in [0.25, 0.3) is 0 Å². The monoisotopic (exact) mass is 843 g/mol. The number of nitrogens with zero attached hydrogens (tertiary/aromatic N) is 3. The Morgan fingerprint density at radius 2 is 1.08 bits per heavy atom. The van der Waals surface area contributed by atoms with Crippen molar-refractivity contribution in [2.24, 2.45) is 4.99 Å². The van der Waals surface area contributed by atoms with Gasteiger partial charge >= 0.3 is 52.8 Å². The number of hydrogen-bond acceptors (Lipinski definition) is 3. The van der Waals surface area contributed by atoms with Gasteiger partial charge < -0.3 is 28.9 Å². The number of hydrogen-bond donors (Lipinski definition) is 0. The van der Waals surface area contributed by atoms with Crippen LogP contribution in [-0.4, -0.2) is 25.3 Å². The summed E-state index contributed by atoms with van der Waals surface area (Å²) in [5.41, 5.74) is 5.52. The number of rotatable bonds is 4. The van der Waals surface area contributed by atoms with Gasteiger partial charge in [0.15, 0.2) is 0 Å². The quantitative estimate of drug-likeness (QED) is 0.100. The van der Waals surface area contributed by atoms with Gasteiger partial charge in [-0.25, -0.2) is 0 Å². The maximum atomic E-state index is 9.87. The van der Waals surface area contributed by atoms with Crippen LogP contribution in [0.3, 0.4) is 0 Å². The molecule has 0 spiro atoms. The molecule has 38 heavy (non-hydrogen) atoms. The number of anilines is 1. The first kappa shape index (κ1) is 35.7. The van der Waals surface area contributed by atoms with Crippen molar-refractivity contribution in [2.45, 2.75) is 0 Å². The summed E-state index contributed by atoms with van der Waals surface area (Å²) >= 11 is 0. The third-order valence-electron chi connectivity index (χ3n) is 4.28. The average Bonchev–Trinajstić information content (AvgIpc) is 2.83. The first-order valence-corrected chi connectivity index (χ1v) is 12.6. The van der Waals surface area contributed by atoms with E-state index in [1.165, 1.54) is 16.8 Å². The molecular weight excluding hydrogens is 816 g/mol. The fraction of sp³-hybridized carbons (Fsp3) is 0.0769. The van der Waals surface area contributed by atoms with Gasteiger partial charge in [0, 0.05) is 26.0 Å². The first-order valence-electron chi connectivity index (χ1n) is 10.6. The molecule has 0 amide bonds. The van der Waals surface area contributed by atoms with Crippen LogP contribution in [0.15, 0.2) is 114 Å². The van der Waals surface area contributed by atoms with E-state index in [9.17, 15) is 25.2 Å². The maximum absolute atomic E-state index is 10.7. The van der Waals surface area contributed by atoms with Crippen molar-refractivity contribution in [1.82, 2.24) is 4.98 Å². The Morgan fingerprint density at radius 1 is 0.658 bits per heavy atom. The zero-order chi connectivity index (χ0) is 26.7. The summed E-state index contributed by atoms with van der Waals surface area (Å²) in [4.78, 5) is 10.6. The Bertz CT molecular complexity index is 1180. The van der Waals surface area contributed by atoms with Gasteiger partial charge in [-0.15, -0.1) is 0 Å². The average molecular weight is 842 g/mol. The third kappa shape index (κ3) is 18.0. The summed E-state index contributed by atoms with van der Waals surface area (Å²) in [6.45, 7) is 0. The standard InChI is InChI=1S/C14H15N3.C12H10.F6P.HI.Os/c1-17(2)14-8-6-12(7-9-14)16-11-13-5-3-4-10-15-13;1-3-7-11(8-4-1)12-9-5-2-6-10-12;1-7(2,3,4,5)6;;/h3-11H,1-2H3;1-10H;;1H;/q;;-1;;+4/p-1. The van der Waals surface area contributed by atoms with Gasteiger partial charge in [0.2, 0.25) is 0 Å². The fourth-order valence-corrected chi connectivity index (χ4v) is 2.69. The van der Waals surface area contributed by atoms with E-state index in [1.54, 1.807) is 12.4 Å². The maximum Gasteiger partial charge on any atom is 4.00 e. The molecule has 4 rings (SSSR count). The van der Waals surface area contributed by atoms with Crippen molar-refractivity contribution in [3.05, 3.63) is 115 Å². The van der Waals surface area contributed by atoms with E-state index in [2.05, 4.69) is 63.4 Å². The Hall–Kier alpha value is -2.34. The van der Waals surface area contributed by atoms with Crippen molar-refractivity contribution in [3.8, 4) is 11.1 Å². The predicted octanol–water partition coefficient (Wildman–Crippen LogP) is 6.64. The van der Waals surface area contributed by atoms with Gasteiger partial charge in [-0.3, -0.25) is 9.98 Å². The normalized spacial score (nSPS) is 12.1. The minimum absolute atomic E-state index is 0. The number of aromatic nitrogens is 1. The molecule has 0 aliphatic heterocycles. The molecule has 0 atom stereocenters. The van der Waals surface area contributed by atoms with Crippen LogP contribution in [0, 0.1) is 0 Å². The molecule has 0 saturated heterocycles. The molecule has 12 heteroatoms. The summed E-state index contributed by atoms with van der Waals surface area (Å²) < 4.78 is 59.2. The summed E-state index contributed by atoms with van der Waals surface area (Å²) in [5.74, 6) is 0. The van der Waals surface area contributed by atoms with Gasteiger partial charge in [-0.1, -0.05) is 66.7 Å². The number of benzene rings is 3. The Morgan fingerprint density at radius 3 is 1.45 bits per heavy atom.